The average Bonchev–Trinajstić information content (AvgIpc) is 2.27. The Hall–Kier alpha value is -0.860. The summed E-state index contributed by atoms with van der Waals surface area (Å²) in [7, 11) is 0. The number of carbonyl (C=O) groups is 1. The third-order valence-corrected chi connectivity index (χ3v) is 2.94. The Morgan fingerprint density at radius 2 is 1.94 bits per heavy atom. The standard InChI is InChI=1S/C13H18ClNO/c1-10(8-9-15)2-7-13(16)11-3-5-12(14)6-4-11/h3-6,10H,2,7-9,15H2,1H3. The molecule has 16 heavy (non-hydrogen) atoms. The van der Waals surface area contributed by atoms with Crippen molar-refractivity contribution in [3.8, 4) is 0 Å². The van der Waals surface area contributed by atoms with E-state index in [0.29, 0.717) is 23.9 Å². The van der Waals surface area contributed by atoms with Crippen LogP contribution in [-0.2, 0) is 0 Å². The van der Waals surface area contributed by atoms with E-state index >= 15 is 0 Å². The molecule has 0 fully saturated rings. The number of nitrogens with two attached hydrogens (primary N) is 1. The van der Waals surface area contributed by atoms with Crippen molar-refractivity contribution in [3.63, 3.8) is 0 Å². The minimum atomic E-state index is 0.181. The topological polar surface area (TPSA) is 43.1 Å². The molecule has 0 aromatic heterocycles. The largest absolute Gasteiger partial charge is 0.330 e. The van der Waals surface area contributed by atoms with Gasteiger partial charge >= 0.3 is 0 Å². The molecular formula is C13H18ClNO. The summed E-state index contributed by atoms with van der Waals surface area (Å²) in [6.45, 7) is 2.82. The maximum absolute atomic E-state index is 11.8. The molecule has 1 atom stereocenters. The molecule has 0 amide bonds. The SMILES string of the molecule is CC(CCN)CCC(=O)c1ccc(Cl)cc1. The van der Waals surface area contributed by atoms with Crippen molar-refractivity contribution in [3.05, 3.63) is 34.9 Å². The van der Waals surface area contributed by atoms with Crippen LogP contribution in [0.2, 0.25) is 5.02 Å². The molecule has 0 saturated heterocycles. The highest BCUT2D eigenvalue weighted by Gasteiger charge is 2.08. The highest BCUT2D eigenvalue weighted by Crippen LogP contribution is 2.15. The Balaban J connectivity index is 2.43. The zero-order valence-electron chi connectivity index (χ0n) is 9.58. The Kier molecular flexibility index (Phi) is 5.50. The molecule has 1 unspecified atom stereocenters. The van der Waals surface area contributed by atoms with Crippen LogP contribution in [0.1, 0.15) is 36.5 Å². The molecule has 0 aliphatic rings. The van der Waals surface area contributed by atoms with Gasteiger partial charge in [-0.05, 0) is 49.6 Å². The fourth-order valence-corrected chi connectivity index (χ4v) is 1.71. The van der Waals surface area contributed by atoms with Crippen LogP contribution < -0.4 is 5.73 Å². The van der Waals surface area contributed by atoms with Gasteiger partial charge in [0, 0.05) is 17.0 Å². The number of carbonyl (C=O) groups excluding carboxylic acids is 1. The Morgan fingerprint density at radius 1 is 1.31 bits per heavy atom. The summed E-state index contributed by atoms with van der Waals surface area (Å²) in [6.07, 6.45) is 2.47. The second-order valence-corrected chi connectivity index (χ2v) is 4.59. The first-order chi connectivity index (χ1) is 7.63. The molecule has 0 bridgehead atoms. The van der Waals surface area contributed by atoms with Crippen LogP contribution in [0.25, 0.3) is 0 Å². The summed E-state index contributed by atoms with van der Waals surface area (Å²) in [5.41, 5.74) is 6.20. The maximum atomic E-state index is 11.8. The van der Waals surface area contributed by atoms with Gasteiger partial charge in [-0.15, -0.1) is 0 Å². The van der Waals surface area contributed by atoms with Crippen LogP contribution in [0, 0.1) is 5.92 Å². The van der Waals surface area contributed by atoms with E-state index in [1.54, 1.807) is 24.3 Å². The molecule has 0 radical (unpaired) electrons. The molecule has 88 valence electrons. The summed E-state index contributed by atoms with van der Waals surface area (Å²) >= 11 is 5.76. The van der Waals surface area contributed by atoms with Crippen LogP contribution in [-0.4, -0.2) is 12.3 Å². The van der Waals surface area contributed by atoms with E-state index in [9.17, 15) is 4.79 Å². The van der Waals surface area contributed by atoms with E-state index in [1.807, 2.05) is 0 Å². The van der Waals surface area contributed by atoms with Gasteiger partial charge in [0.25, 0.3) is 0 Å². The molecule has 0 aliphatic carbocycles. The zero-order valence-corrected chi connectivity index (χ0v) is 10.3. The molecule has 0 heterocycles. The van der Waals surface area contributed by atoms with E-state index in [4.69, 9.17) is 17.3 Å². The van der Waals surface area contributed by atoms with Gasteiger partial charge in [-0.2, -0.15) is 0 Å². The normalized spacial score (nSPS) is 12.4. The average molecular weight is 240 g/mol. The lowest BCUT2D eigenvalue weighted by atomic mass is 9.98. The van der Waals surface area contributed by atoms with Crippen LogP contribution in [0.15, 0.2) is 24.3 Å². The highest BCUT2D eigenvalue weighted by molar-refractivity contribution is 6.30. The minimum Gasteiger partial charge on any atom is -0.330 e. The zero-order chi connectivity index (χ0) is 12.0. The van der Waals surface area contributed by atoms with E-state index in [2.05, 4.69) is 6.92 Å². The van der Waals surface area contributed by atoms with Crippen LogP contribution in [0.5, 0.6) is 0 Å². The van der Waals surface area contributed by atoms with Gasteiger partial charge in [0.15, 0.2) is 5.78 Å². The molecular weight excluding hydrogens is 222 g/mol. The number of hydrogen-bond acceptors (Lipinski definition) is 2. The number of Topliss-reactive ketones (excluding diaryl/α,β-unsaturated/α-hetero) is 1. The molecule has 3 heteroatoms. The van der Waals surface area contributed by atoms with Crippen LogP contribution in [0.3, 0.4) is 0 Å². The molecule has 0 saturated carbocycles. The lowest BCUT2D eigenvalue weighted by molar-refractivity contribution is 0.0974. The van der Waals surface area contributed by atoms with Gasteiger partial charge in [-0.3, -0.25) is 4.79 Å². The molecule has 1 rings (SSSR count). The van der Waals surface area contributed by atoms with Crippen molar-refractivity contribution in [1.82, 2.24) is 0 Å². The number of benzene rings is 1. The van der Waals surface area contributed by atoms with E-state index in [0.717, 1.165) is 18.4 Å². The second kappa shape index (κ2) is 6.66. The Morgan fingerprint density at radius 3 is 2.50 bits per heavy atom. The summed E-state index contributed by atoms with van der Waals surface area (Å²) in [4.78, 5) is 11.8. The van der Waals surface area contributed by atoms with Crippen LogP contribution >= 0.6 is 11.6 Å². The molecule has 2 N–H and O–H groups in total. The minimum absolute atomic E-state index is 0.181. The number of halogens is 1. The summed E-state index contributed by atoms with van der Waals surface area (Å²) < 4.78 is 0. The third-order valence-electron chi connectivity index (χ3n) is 2.69. The lowest BCUT2D eigenvalue weighted by Gasteiger charge is -2.08. The summed E-state index contributed by atoms with van der Waals surface area (Å²) in [5.74, 6) is 0.696. The van der Waals surface area contributed by atoms with Crippen molar-refractivity contribution in [2.75, 3.05) is 6.54 Å². The quantitative estimate of drug-likeness (QED) is 0.775. The molecule has 0 aliphatic heterocycles. The van der Waals surface area contributed by atoms with Gasteiger partial charge in [0.1, 0.15) is 0 Å². The third kappa shape index (κ3) is 4.33. The molecule has 1 aromatic carbocycles. The van der Waals surface area contributed by atoms with E-state index < -0.39 is 0 Å². The highest BCUT2D eigenvalue weighted by atomic mass is 35.5. The van der Waals surface area contributed by atoms with Crippen LogP contribution in [0.4, 0.5) is 0 Å². The number of rotatable bonds is 6. The van der Waals surface area contributed by atoms with Gasteiger partial charge in [0.2, 0.25) is 0 Å². The number of hydrogen-bond donors (Lipinski definition) is 1. The van der Waals surface area contributed by atoms with Gasteiger partial charge in [-0.25, -0.2) is 0 Å². The maximum Gasteiger partial charge on any atom is 0.162 e. The van der Waals surface area contributed by atoms with E-state index in [1.165, 1.54) is 0 Å². The smallest absolute Gasteiger partial charge is 0.162 e. The summed E-state index contributed by atoms with van der Waals surface area (Å²) in [5, 5.41) is 0.660. The Labute approximate surface area is 102 Å². The van der Waals surface area contributed by atoms with Gasteiger partial charge in [-0.1, -0.05) is 18.5 Å². The predicted molar refractivity (Wildman–Crippen MR) is 67.9 cm³/mol. The summed E-state index contributed by atoms with van der Waals surface area (Å²) in [6, 6.07) is 7.05. The van der Waals surface area contributed by atoms with Crippen molar-refractivity contribution >= 4 is 17.4 Å². The van der Waals surface area contributed by atoms with Crippen molar-refractivity contribution < 1.29 is 4.79 Å². The van der Waals surface area contributed by atoms with Crippen molar-refractivity contribution in [2.24, 2.45) is 11.7 Å². The van der Waals surface area contributed by atoms with Gasteiger partial charge in [0.05, 0.1) is 0 Å². The Bertz CT molecular complexity index is 334. The fraction of sp³-hybridized carbons (Fsp3) is 0.462. The monoisotopic (exact) mass is 239 g/mol. The second-order valence-electron chi connectivity index (χ2n) is 4.15. The lowest BCUT2D eigenvalue weighted by Crippen LogP contribution is -2.08. The van der Waals surface area contributed by atoms with E-state index in [-0.39, 0.29) is 5.78 Å². The fourth-order valence-electron chi connectivity index (χ4n) is 1.59. The number of ketones is 1. The van der Waals surface area contributed by atoms with Gasteiger partial charge < -0.3 is 5.73 Å². The first-order valence-corrected chi connectivity index (χ1v) is 6.00. The molecule has 2 nitrogen and oxygen atoms in total. The molecule has 1 aromatic rings. The van der Waals surface area contributed by atoms with Crippen molar-refractivity contribution in [2.45, 2.75) is 26.2 Å². The first-order valence-electron chi connectivity index (χ1n) is 5.62. The first kappa shape index (κ1) is 13.2. The van der Waals surface area contributed by atoms with Crippen molar-refractivity contribution in [1.29, 1.82) is 0 Å². The molecule has 0 spiro atoms. The predicted octanol–water partition coefficient (Wildman–Crippen LogP) is 3.29.